The van der Waals surface area contributed by atoms with Gasteiger partial charge in [0.05, 0.1) is 0 Å². The summed E-state index contributed by atoms with van der Waals surface area (Å²) >= 11 is 0. The molecule has 0 radical (unpaired) electrons. The van der Waals surface area contributed by atoms with E-state index in [-0.39, 0.29) is 11.0 Å². The molecule has 2 unspecified atom stereocenters. The summed E-state index contributed by atoms with van der Waals surface area (Å²) in [5.41, 5.74) is 0. The normalized spacial score (nSPS) is 33.6. The van der Waals surface area contributed by atoms with Crippen molar-refractivity contribution in [1.82, 2.24) is 5.06 Å². The smallest absolute Gasteiger partial charge is 0.216 e. The van der Waals surface area contributed by atoms with Crippen LogP contribution in [0.5, 0.6) is 0 Å². The van der Waals surface area contributed by atoms with E-state index in [0.29, 0.717) is 19.4 Å². The van der Waals surface area contributed by atoms with Gasteiger partial charge in [-0.2, -0.15) is 5.06 Å². The number of hydrogen-bond donors (Lipinski definition) is 1. The van der Waals surface area contributed by atoms with Crippen molar-refractivity contribution in [1.29, 1.82) is 0 Å². The van der Waals surface area contributed by atoms with Crippen LogP contribution in [0, 0.1) is 10.1 Å². The first kappa shape index (κ1) is 8.42. The summed E-state index contributed by atoms with van der Waals surface area (Å²) < 4.78 is 0. The zero-order chi connectivity index (χ0) is 8.43. The number of piperidine rings is 1. The van der Waals surface area contributed by atoms with Crippen molar-refractivity contribution >= 4 is 0 Å². The van der Waals surface area contributed by atoms with Gasteiger partial charge >= 0.3 is 0 Å². The zero-order valence-electron chi connectivity index (χ0n) is 6.43. The number of hydrogen-bond acceptors (Lipinski definition) is 4. The lowest BCUT2D eigenvalue weighted by atomic mass is 10.0. The van der Waals surface area contributed by atoms with Gasteiger partial charge in [0.2, 0.25) is 6.04 Å². The lowest BCUT2D eigenvalue weighted by Gasteiger charge is -2.28. The summed E-state index contributed by atoms with van der Waals surface area (Å²) in [6, 6.07) is -0.549. The molecular formula is C6H12N2O3. The van der Waals surface area contributed by atoms with E-state index in [1.807, 2.05) is 0 Å². The van der Waals surface area contributed by atoms with Crippen LogP contribution in [-0.2, 0) is 0 Å². The fourth-order valence-corrected chi connectivity index (χ4v) is 1.33. The van der Waals surface area contributed by atoms with Gasteiger partial charge < -0.3 is 5.21 Å². The van der Waals surface area contributed by atoms with Crippen molar-refractivity contribution in [2.24, 2.45) is 0 Å². The molecule has 5 nitrogen and oxygen atoms in total. The van der Waals surface area contributed by atoms with E-state index in [1.165, 1.54) is 5.06 Å². The number of nitrogens with zero attached hydrogens (tertiary/aromatic N) is 2. The lowest BCUT2D eigenvalue weighted by Crippen LogP contribution is -2.42. The molecule has 0 aromatic rings. The number of nitro groups is 1. The molecule has 5 heteroatoms. The Hall–Kier alpha value is -0.680. The average molecular weight is 160 g/mol. The Morgan fingerprint density at radius 2 is 2.36 bits per heavy atom. The SMILES string of the molecule is CC1CC([N+](=O)[O-])CCN1O. The predicted molar refractivity (Wildman–Crippen MR) is 38.0 cm³/mol. The maximum absolute atomic E-state index is 10.3. The summed E-state index contributed by atoms with van der Waals surface area (Å²) in [6.45, 7) is 2.20. The standard InChI is InChI=1S/C6H12N2O3/c1-5-4-6(8(10)11)2-3-7(5)9/h5-6,9H,2-4H2,1H3. The molecule has 1 aliphatic rings. The minimum absolute atomic E-state index is 0.0841. The molecule has 1 heterocycles. The molecule has 1 fully saturated rings. The first-order valence-corrected chi connectivity index (χ1v) is 3.70. The summed E-state index contributed by atoms with van der Waals surface area (Å²) in [7, 11) is 0. The fraction of sp³-hybridized carbons (Fsp3) is 1.00. The van der Waals surface area contributed by atoms with E-state index in [1.54, 1.807) is 6.92 Å². The Morgan fingerprint density at radius 3 is 2.82 bits per heavy atom. The minimum Gasteiger partial charge on any atom is -0.314 e. The van der Waals surface area contributed by atoms with Gasteiger partial charge in [-0.15, -0.1) is 0 Å². The molecule has 0 aromatic carbocycles. The molecule has 0 bridgehead atoms. The highest BCUT2D eigenvalue weighted by atomic mass is 16.6. The highest BCUT2D eigenvalue weighted by Gasteiger charge is 2.31. The monoisotopic (exact) mass is 160 g/mol. The van der Waals surface area contributed by atoms with Crippen molar-refractivity contribution < 1.29 is 10.1 Å². The van der Waals surface area contributed by atoms with Gasteiger partial charge in [-0.1, -0.05) is 0 Å². The minimum atomic E-state index is -0.464. The Kier molecular flexibility index (Phi) is 2.41. The molecule has 1 saturated heterocycles. The molecule has 0 saturated carbocycles. The molecule has 0 aromatic heterocycles. The zero-order valence-corrected chi connectivity index (χ0v) is 6.43. The maximum Gasteiger partial charge on any atom is 0.216 e. The number of rotatable bonds is 1. The van der Waals surface area contributed by atoms with E-state index in [9.17, 15) is 10.1 Å². The van der Waals surface area contributed by atoms with Crippen LogP contribution < -0.4 is 0 Å². The first-order valence-electron chi connectivity index (χ1n) is 3.70. The van der Waals surface area contributed by atoms with Crippen molar-refractivity contribution in [3.63, 3.8) is 0 Å². The van der Waals surface area contributed by atoms with E-state index < -0.39 is 6.04 Å². The second-order valence-electron chi connectivity index (χ2n) is 2.98. The Bertz CT molecular complexity index is 162. The molecular weight excluding hydrogens is 148 g/mol. The first-order chi connectivity index (χ1) is 5.11. The van der Waals surface area contributed by atoms with Gasteiger partial charge in [-0.3, -0.25) is 10.1 Å². The average Bonchev–Trinajstić information content (AvgIpc) is 1.94. The topological polar surface area (TPSA) is 66.6 Å². The second-order valence-corrected chi connectivity index (χ2v) is 2.98. The molecule has 2 atom stereocenters. The van der Waals surface area contributed by atoms with Gasteiger partial charge in [-0.25, -0.2) is 0 Å². The van der Waals surface area contributed by atoms with Crippen LogP contribution in [0.25, 0.3) is 0 Å². The molecule has 0 spiro atoms. The molecule has 64 valence electrons. The molecule has 1 rings (SSSR count). The van der Waals surface area contributed by atoms with Crippen molar-refractivity contribution in [2.75, 3.05) is 6.54 Å². The molecule has 1 aliphatic heterocycles. The summed E-state index contributed by atoms with van der Waals surface area (Å²) in [4.78, 5) is 10.1. The summed E-state index contributed by atoms with van der Waals surface area (Å²) in [6.07, 6.45) is 0.900. The van der Waals surface area contributed by atoms with Crippen LogP contribution in [0.4, 0.5) is 0 Å². The second kappa shape index (κ2) is 3.15. The van der Waals surface area contributed by atoms with E-state index >= 15 is 0 Å². The van der Waals surface area contributed by atoms with Crippen molar-refractivity contribution in [2.45, 2.75) is 31.8 Å². The summed E-state index contributed by atoms with van der Waals surface area (Å²) in [5.74, 6) is 0. The van der Waals surface area contributed by atoms with Gasteiger partial charge in [-0.05, 0) is 6.92 Å². The van der Waals surface area contributed by atoms with Crippen LogP contribution in [0.15, 0.2) is 0 Å². The van der Waals surface area contributed by atoms with Gasteiger partial charge in [0, 0.05) is 30.4 Å². The van der Waals surface area contributed by atoms with Crippen LogP contribution in [0.3, 0.4) is 0 Å². The molecule has 0 amide bonds. The van der Waals surface area contributed by atoms with E-state index in [2.05, 4.69) is 0 Å². The van der Waals surface area contributed by atoms with Crippen molar-refractivity contribution in [3.05, 3.63) is 10.1 Å². The summed E-state index contributed by atoms with van der Waals surface area (Å²) in [5, 5.41) is 20.6. The third-order valence-corrected chi connectivity index (χ3v) is 2.11. The third-order valence-electron chi connectivity index (χ3n) is 2.11. The molecule has 1 N–H and O–H groups in total. The van der Waals surface area contributed by atoms with Gasteiger partial charge in [0.1, 0.15) is 0 Å². The lowest BCUT2D eigenvalue weighted by molar-refractivity contribution is -0.530. The Balaban J connectivity index is 2.46. The molecule has 11 heavy (non-hydrogen) atoms. The quantitative estimate of drug-likeness (QED) is 0.448. The van der Waals surface area contributed by atoms with E-state index in [4.69, 9.17) is 5.21 Å². The van der Waals surface area contributed by atoms with Crippen LogP contribution in [-0.4, -0.2) is 33.8 Å². The fourth-order valence-electron chi connectivity index (χ4n) is 1.33. The van der Waals surface area contributed by atoms with Gasteiger partial charge in [0.15, 0.2) is 0 Å². The number of hydroxylamine groups is 2. The molecule has 0 aliphatic carbocycles. The largest absolute Gasteiger partial charge is 0.314 e. The van der Waals surface area contributed by atoms with Crippen LogP contribution in [0.2, 0.25) is 0 Å². The maximum atomic E-state index is 10.3. The predicted octanol–water partition coefficient (Wildman–Crippen LogP) is 0.505. The van der Waals surface area contributed by atoms with E-state index in [0.717, 1.165) is 0 Å². The Labute approximate surface area is 64.7 Å². The van der Waals surface area contributed by atoms with Crippen LogP contribution in [0.1, 0.15) is 19.8 Å². The Morgan fingerprint density at radius 1 is 1.73 bits per heavy atom. The van der Waals surface area contributed by atoms with Crippen LogP contribution >= 0.6 is 0 Å². The van der Waals surface area contributed by atoms with Gasteiger partial charge in [0.25, 0.3) is 0 Å². The third kappa shape index (κ3) is 1.87. The highest BCUT2D eigenvalue weighted by molar-refractivity contribution is 4.73. The highest BCUT2D eigenvalue weighted by Crippen LogP contribution is 2.16. The van der Waals surface area contributed by atoms with Crippen molar-refractivity contribution in [3.8, 4) is 0 Å².